The fourth-order valence-corrected chi connectivity index (χ4v) is 1.13. The molecule has 1 atom stereocenters. The van der Waals surface area contributed by atoms with Crippen LogP contribution in [0.3, 0.4) is 0 Å². The van der Waals surface area contributed by atoms with E-state index < -0.39 is 0 Å². The molecule has 1 aliphatic rings. The first-order chi connectivity index (χ1) is 5.42. The Kier molecular flexibility index (Phi) is 1.35. The third-order valence-electron chi connectivity index (χ3n) is 1.78. The second-order valence-electron chi connectivity index (χ2n) is 2.56. The highest BCUT2D eigenvalue weighted by molar-refractivity contribution is 6.14. The molecule has 0 unspecified atom stereocenters. The van der Waals surface area contributed by atoms with Crippen LogP contribution in [0.15, 0.2) is 48.0 Å². The van der Waals surface area contributed by atoms with E-state index in [4.69, 9.17) is 0 Å². The minimum absolute atomic E-state index is 0.289. The molecule has 1 aliphatic heterocycles. The van der Waals surface area contributed by atoms with Crippen molar-refractivity contribution in [2.75, 3.05) is 0 Å². The van der Waals surface area contributed by atoms with Gasteiger partial charge in [-0.15, -0.1) is 6.58 Å². The lowest BCUT2D eigenvalue weighted by atomic mass is 10.1. The molecule has 0 bridgehead atoms. The fourth-order valence-electron chi connectivity index (χ4n) is 1.13. The highest BCUT2D eigenvalue weighted by Gasteiger charge is 2.24. The number of aliphatic imine (C=N–C) groups is 1. The quantitative estimate of drug-likeness (QED) is 0.562. The molecule has 0 radical (unpaired) electrons. The Bertz CT molecular complexity index is 298. The molecule has 0 saturated heterocycles. The van der Waals surface area contributed by atoms with Crippen LogP contribution >= 0.6 is 0 Å². The van der Waals surface area contributed by atoms with Crippen molar-refractivity contribution in [3.05, 3.63) is 48.6 Å². The first kappa shape index (κ1) is 6.35. The molecule has 0 fully saturated rings. The molecule has 0 aromatic heterocycles. The van der Waals surface area contributed by atoms with Gasteiger partial charge in [0.15, 0.2) is 0 Å². The van der Waals surface area contributed by atoms with Crippen LogP contribution in [0.2, 0.25) is 0 Å². The van der Waals surface area contributed by atoms with E-state index in [2.05, 4.69) is 23.7 Å². The Morgan fingerprint density at radius 1 is 1.27 bits per heavy atom. The van der Waals surface area contributed by atoms with Gasteiger partial charge in [0.25, 0.3) is 0 Å². The Morgan fingerprint density at radius 3 is 2.55 bits per heavy atom. The molecule has 0 amide bonds. The summed E-state index contributed by atoms with van der Waals surface area (Å²) in [5, 5.41) is 0. The smallest absolute Gasteiger partial charge is 0.110 e. The number of benzene rings is 1. The minimum Gasteiger partial charge on any atom is -0.273 e. The van der Waals surface area contributed by atoms with Gasteiger partial charge in [-0.05, 0) is 5.56 Å². The van der Waals surface area contributed by atoms with E-state index in [1.54, 1.807) is 0 Å². The predicted molar refractivity (Wildman–Crippen MR) is 47.0 cm³/mol. The number of rotatable bonds is 2. The Balaban J connectivity index is 2.21. The summed E-state index contributed by atoms with van der Waals surface area (Å²) >= 11 is 0. The van der Waals surface area contributed by atoms with Gasteiger partial charge in [0.05, 0.1) is 5.71 Å². The highest BCUT2D eigenvalue weighted by atomic mass is 15.0. The maximum atomic E-state index is 4.24. The molecule has 1 heteroatoms. The van der Waals surface area contributed by atoms with Crippen LogP contribution in [0.4, 0.5) is 0 Å². The fraction of sp³-hybridized carbons (Fsp3) is 0.100. The van der Waals surface area contributed by atoms with Crippen LogP contribution < -0.4 is 0 Å². The Labute approximate surface area is 66.1 Å². The molecule has 1 aromatic rings. The molecular formula is C10H9N. The Morgan fingerprint density at radius 2 is 2.00 bits per heavy atom. The lowest BCUT2D eigenvalue weighted by molar-refractivity contribution is 1.29. The summed E-state index contributed by atoms with van der Waals surface area (Å²) in [6.07, 6.45) is 1.86. The van der Waals surface area contributed by atoms with Crippen molar-refractivity contribution in [3.63, 3.8) is 0 Å². The second-order valence-corrected chi connectivity index (χ2v) is 2.56. The van der Waals surface area contributed by atoms with Crippen LogP contribution in [0.25, 0.3) is 0 Å². The molecule has 1 nitrogen and oxygen atoms in total. The molecule has 0 saturated carbocycles. The van der Waals surface area contributed by atoms with Crippen molar-refractivity contribution < 1.29 is 0 Å². The maximum Gasteiger partial charge on any atom is 0.110 e. The summed E-state index contributed by atoms with van der Waals surface area (Å²) in [4.78, 5) is 4.24. The van der Waals surface area contributed by atoms with Gasteiger partial charge in [-0.2, -0.15) is 0 Å². The van der Waals surface area contributed by atoms with Crippen molar-refractivity contribution in [3.8, 4) is 0 Å². The molecule has 2 rings (SSSR count). The zero-order valence-corrected chi connectivity index (χ0v) is 6.20. The van der Waals surface area contributed by atoms with E-state index in [0.717, 1.165) is 0 Å². The van der Waals surface area contributed by atoms with E-state index in [9.17, 15) is 0 Å². The van der Waals surface area contributed by atoms with Gasteiger partial charge in [0, 0.05) is 0 Å². The molecule has 0 aliphatic carbocycles. The normalized spacial score (nSPS) is 20.7. The van der Waals surface area contributed by atoms with E-state index in [1.807, 2.05) is 24.3 Å². The van der Waals surface area contributed by atoms with Crippen LogP contribution in [-0.2, 0) is 0 Å². The van der Waals surface area contributed by atoms with Gasteiger partial charge in [-0.1, -0.05) is 36.4 Å². The van der Waals surface area contributed by atoms with E-state index >= 15 is 0 Å². The molecule has 54 valence electrons. The summed E-state index contributed by atoms with van der Waals surface area (Å²) in [7, 11) is 0. The van der Waals surface area contributed by atoms with Gasteiger partial charge < -0.3 is 0 Å². The first-order valence-corrected chi connectivity index (χ1v) is 3.67. The monoisotopic (exact) mass is 143 g/mol. The molecule has 1 heterocycles. The zero-order chi connectivity index (χ0) is 7.68. The average molecular weight is 143 g/mol. The van der Waals surface area contributed by atoms with Crippen molar-refractivity contribution in [2.24, 2.45) is 4.99 Å². The maximum absolute atomic E-state index is 4.24. The van der Waals surface area contributed by atoms with Gasteiger partial charge >= 0.3 is 0 Å². The van der Waals surface area contributed by atoms with Crippen molar-refractivity contribution in [1.82, 2.24) is 0 Å². The zero-order valence-electron chi connectivity index (χ0n) is 6.20. The summed E-state index contributed by atoms with van der Waals surface area (Å²) in [5.74, 6) is 0. The third kappa shape index (κ3) is 1.09. The standard InChI is InChI=1S/C10H9N/c1-2-9-10(11-9)8-6-4-3-5-7-8/h2-7,9H,1H2/t9-/m0/s1. The van der Waals surface area contributed by atoms with Crippen molar-refractivity contribution in [1.29, 1.82) is 0 Å². The van der Waals surface area contributed by atoms with Gasteiger partial charge in [-0.3, -0.25) is 4.99 Å². The van der Waals surface area contributed by atoms with E-state index in [0.29, 0.717) is 0 Å². The summed E-state index contributed by atoms with van der Waals surface area (Å²) in [6, 6.07) is 10.5. The molecular weight excluding hydrogens is 134 g/mol. The van der Waals surface area contributed by atoms with Crippen LogP contribution in [0.5, 0.6) is 0 Å². The Hall–Kier alpha value is -1.37. The predicted octanol–water partition coefficient (Wildman–Crippen LogP) is 2.04. The first-order valence-electron chi connectivity index (χ1n) is 3.67. The molecule has 1 aromatic carbocycles. The SMILES string of the molecule is C=C[C@@H]1N=C1c1ccccc1. The van der Waals surface area contributed by atoms with Crippen LogP contribution in [0, 0.1) is 0 Å². The molecule has 11 heavy (non-hydrogen) atoms. The third-order valence-corrected chi connectivity index (χ3v) is 1.78. The highest BCUT2D eigenvalue weighted by Crippen LogP contribution is 2.19. The van der Waals surface area contributed by atoms with Gasteiger partial charge in [0.1, 0.15) is 6.04 Å². The number of nitrogens with zero attached hydrogens (tertiary/aromatic N) is 1. The largest absolute Gasteiger partial charge is 0.273 e. The molecule has 0 N–H and O–H groups in total. The lowest BCUT2D eigenvalue weighted by Gasteiger charge is -1.89. The number of hydrogen-bond acceptors (Lipinski definition) is 1. The van der Waals surface area contributed by atoms with E-state index in [-0.39, 0.29) is 6.04 Å². The van der Waals surface area contributed by atoms with Crippen molar-refractivity contribution >= 4 is 5.71 Å². The van der Waals surface area contributed by atoms with E-state index in [1.165, 1.54) is 11.3 Å². The summed E-state index contributed by atoms with van der Waals surface area (Å²) in [5.41, 5.74) is 2.39. The lowest BCUT2D eigenvalue weighted by Crippen LogP contribution is -1.93. The summed E-state index contributed by atoms with van der Waals surface area (Å²) in [6.45, 7) is 3.68. The average Bonchev–Trinajstić information content (AvgIpc) is 2.85. The van der Waals surface area contributed by atoms with Crippen LogP contribution in [0.1, 0.15) is 5.56 Å². The summed E-state index contributed by atoms with van der Waals surface area (Å²) < 4.78 is 0. The van der Waals surface area contributed by atoms with Gasteiger partial charge in [-0.25, -0.2) is 0 Å². The second kappa shape index (κ2) is 2.35. The number of hydrogen-bond donors (Lipinski definition) is 0. The van der Waals surface area contributed by atoms with Crippen molar-refractivity contribution in [2.45, 2.75) is 6.04 Å². The topological polar surface area (TPSA) is 12.4 Å². The van der Waals surface area contributed by atoms with Crippen LogP contribution in [-0.4, -0.2) is 11.8 Å². The minimum atomic E-state index is 0.289. The molecule has 0 spiro atoms. The van der Waals surface area contributed by atoms with Gasteiger partial charge in [0.2, 0.25) is 0 Å².